The minimum atomic E-state index is 0. The first-order valence-electron chi connectivity index (χ1n) is 8.33. The third-order valence-electron chi connectivity index (χ3n) is 4.69. The first-order chi connectivity index (χ1) is 11.2. The van der Waals surface area contributed by atoms with Crippen LogP contribution in [0, 0.1) is 5.92 Å². The number of hydrogen-bond acceptors (Lipinski definition) is 2. The molecule has 1 aliphatic rings. The lowest BCUT2D eigenvalue weighted by Crippen LogP contribution is -2.39. The summed E-state index contributed by atoms with van der Waals surface area (Å²) in [5.41, 5.74) is 8.60. The number of benzene rings is 2. The molecule has 2 aromatic carbocycles. The van der Waals surface area contributed by atoms with Crippen molar-refractivity contribution in [2.24, 2.45) is 11.7 Å². The summed E-state index contributed by atoms with van der Waals surface area (Å²) < 4.78 is 0. The highest BCUT2D eigenvalue weighted by molar-refractivity contribution is 5.94. The maximum Gasteiger partial charge on any atom is 0.254 e. The fraction of sp³-hybridized carbons (Fsp3) is 0.350. The predicted octanol–water partition coefficient (Wildman–Crippen LogP) is 4.01. The van der Waals surface area contributed by atoms with Gasteiger partial charge in [-0.2, -0.15) is 0 Å². The number of halogens is 1. The first kappa shape index (κ1) is 18.5. The van der Waals surface area contributed by atoms with Gasteiger partial charge in [-0.1, -0.05) is 42.5 Å². The molecule has 1 fully saturated rings. The lowest BCUT2D eigenvalue weighted by Gasteiger charge is -2.30. The largest absolute Gasteiger partial charge is 0.331 e. The first-order valence-corrected chi connectivity index (χ1v) is 8.33. The Morgan fingerprint density at radius 3 is 2.25 bits per heavy atom. The van der Waals surface area contributed by atoms with E-state index in [2.05, 4.69) is 19.1 Å². The Kier molecular flexibility index (Phi) is 6.41. The Hall–Kier alpha value is -1.84. The van der Waals surface area contributed by atoms with Crippen molar-refractivity contribution in [3.05, 3.63) is 71.3 Å². The van der Waals surface area contributed by atoms with Crippen LogP contribution in [0.2, 0.25) is 0 Å². The van der Waals surface area contributed by atoms with Crippen LogP contribution in [-0.4, -0.2) is 16.8 Å². The molecule has 1 saturated carbocycles. The molecule has 2 aromatic rings. The number of rotatable bonds is 6. The summed E-state index contributed by atoms with van der Waals surface area (Å²) in [6.07, 6.45) is 2.46. The molecule has 0 heterocycles. The molecule has 2 N–H and O–H groups in total. The van der Waals surface area contributed by atoms with Crippen LogP contribution < -0.4 is 5.73 Å². The van der Waals surface area contributed by atoms with Crippen LogP contribution >= 0.6 is 12.4 Å². The molecule has 24 heavy (non-hydrogen) atoms. The summed E-state index contributed by atoms with van der Waals surface area (Å²) in [7, 11) is 0. The Labute approximate surface area is 150 Å². The van der Waals surface area contributed by atoms with Crippen molar-refractivity contribution in [2.75, 3.05) is 0 Å². The monoisotopic (exact) mass is 344 g/mol. The Morgan fingerprint density at radius 1 is 1.08 bits per heavy atom. The maximum absolute atomic E-state index is 13.0. The highest BCUT2D eigenvalue weighted by atomic mass is 35.5. The van der Waals surface area contributed by atoms with Gasteiger partial charge in [0.15, 0.2) is 0 Å². The summed E-state index contributed by atoms with van der Waals surface area (Å²) in [6.45, 7) is 3.34. The maximum atomic E-state index is 13.0. The topological polar surface area (TPSA) is 46.3 Å². The van der Waals surface area contributed by atoms with Crippen molar-refractivity contribution in [3.63, 3.8) is 0 Å². The molecule has 0 spiro atoms. The number of carbonyl (C=O) groups is 1. The number of nitrogens with two attached hydrogens (primary N) is 1. The van der Waals surface area contributed by atoms with E-state index in [1.165, 1.54) is 18.4 Å². The Morgan fingerprint density at radius 2 is 1.71 bits per heavy atom. The van der Waals surface area contributed by atoms with Gasteiger partial charge < -0.3 is 10.6 Å². The lowest BCUT2D eigenvalue weighted by molar-refractivity contribution is 0.0654. The molecule has 128 valence electrons. The summed E-state index contributed by atoms with van der Waals surface area (Å²) >= 11 is 0. The van der Waals surface area contributed by atoms with Crippen LogP contribution in [-0.2, 0) is 13.1 Å². The smallest absolute Gasteiger partial charge is 0.254 e. The normalized spacial score (nSPS) is 14.6. The molecule has 1 unspecified atom stereocenters. The molecule has 0 bridgehead atoms. The van der Waals surface area contributed by atoms with Crippen molar-refractivity contribution in [1.82, 2.24) is 4.90 Å². The summed E-state index contributed by atoms with van der Waals surface area (Å²) in [6, 6.07) is 18.2. The molecule has 1 aliphatic carbocycles. The van der Waals surface area contributed by atoms with Gasteiger partial charge in [-0.3, -0.25) is 4.79 Å². The van der Waals surface area contributed by atoms with E-state index < -0.39 is 0 Å². The van der Waals surface area contributed by atoms with Crippen LogP contribution in [0.1, 0.15) is 41.3 Å². The Balaban J connectivity index is 0.00000208. The molecular formula is C20H25ClN2O. The number of nitrogens with zero attached hydrogens (tertiary/aromatic N) is 1. The van der Waals surface area contributed by atoms with E-state index in [1.54, 1.807) is 0 Å². The van der Waals surface area contributed by atoms with Crippen molar-refractivity contribution >= 4 is 18.3 Å². The number of hydrogen-bond donors (Lipinski definition) is 1. The average Bonchev–Trinajstić information content (AvgIpc) is 3.44. The van der Waals surface area contributed by atoms with E-state index in [0.717, 1.165) is 11.1 Å². The van der Waals surface area contributed by atoms with Crippen molar-refractivity contribution < 1.29 is 4.79 Å². The predicted molar refractivity (Wildman–Crippen MR) is 100 cm³/mol. The SMILES string of the molecule is CC(C1CC1)N(Cc1ccccc1)C(=O)c1ccc(CN)cc1.Cl. The third-order valence-corrected chi connectivity index (χ3v) is 4.69. The molecule has 0 radical (unpaired) electrons. The summed E-state index contributed by atoms with van der Waals surface area (Å²) in [5, 5.41) is 0. The second-order valence-corrected chi connectivity index (χ2v) is 6.40. The van der Waals surface area contributed by atoms with Gasteiger partial charge in [0.05, 0.1) is 0 Å². The van der Waals surface area contributed by atoms with Gasteiger partial charge >= 0.3 is 0 Å². The van der Waals surface area contributed by atoms with E-state index in [0.29, 0.717) is 19.0 Å². The van der Waals surface area contributed by atoms with Crippen molar-refractivity contribution in [3.8, 4) is 0 Å². The molecule has 1 atom stereocenters. The fourth-order valence-corrected chi connectivity index (χ4v) is 2.96. The highest BCUT2D eigenvalue weighted by Crippen LogP contribution is 2.36. The third kappa shape index (κ3) is 4.37. The second-order valence-electron chi connectivity index (χ2n) is 6.40. The molecule has 0 aliphatic heterocycles. The van der Waals surface area contributed by atoms with E-state index in [9.17, 15) is 4.79 Å². The van der Waals surface area contributed by atoms with Gasteiger partial charge in [-0.05, 0) is 48.9 Å². The standard InChI is InChI=1S/C20H24N2O.ClH/c1-15(18-11-12-18)22(14-17-5-3-2-4-6-17)20(23)19-9-7-16(13-21)8-10-19;/h2-10,15,18H,11-14,21H2,1H3;1H. The second kappa shape index (κ2) is 8.32. The molecular weight excluding hydrogens is 320 g/mol. The molecule has 3 rings (SSSR count). The molecule has 3 nitrogen and oxygen atoms in total. The van der Waals surface area contributed by atoms with Gasteiger partial charge in [0, 0.05) is 24.7 Å². The molecule has 0 aromatic heterocycles. The van der Waals surface area contributed by atoms with E-state index in [1.807, 2.05) is 47.4 Å². The van der Waals surface area contributed by atoms with Crippen molar-refractivity contribution in [1.29, 1.82) is 0 Å². The molecule has 4 heteroatoms. The number of amides is 1. The van der Waals surface area contributed by atoms with E-state index in [-0.39, 0.29) is 24.4 Å². The van der Waals surface area contributed by atoms with Gasteiger partial charge in [-0.15, -0.1) is 12.4 Å². The van der Waals surface area contributed by atoms with E-state index >= 15 is 0 Å². The summed E-state index contributed by atoms with van der Waals surface area (Å²) in [4.78, 5) is 15.0. The lowest BCUT2D eigenvalue weighted by atomic mass is 10.1. The van der Waals surface area contributed by atoms with Gasteiger partial charge in [0.2, 0.25) is 0 Å². The van der Waals surface area contributed by atoms with Gasteiger partial charge in [-0.25, -0.2) is 0 Å². The quantitative estimate of drug-likeness (QED) is 0.860. The average molecular weight is 345 g/mol. The summed E-state index contributed by atoms with van der Waals surface area (Å²) in [5.74, 6) is 0.753. The molecule has 1 amide bonds. The van der Waals surface area contributed by atoms with E-state index in [4.69, 9.17) is 5.73 Å². The number of carbonyl (C=O) groups excluding carboxylic acids is 1. The Bertz CT molecular complexity index is 653. The van der Waals surface area contributed by atoms with Crippen LogP contribution in [0.15, 0.2) is 54.6 Å². The zero-order valence-corrected chi connectivity index (χ0v) is 14.8. The minimum absolute atomic E-state index is 0. The van der Waals surface area contributed by atoms with Gasteiger partial charge in [0.25, 0.3) is 5.91 Å². The minimum Gasteiger partial charge on any atom is -0.331 e. The zero-order valence-electron chi connectivity index (χ0n) is 14.0. The zero-order chi connectivity index (χ0) is 16.2. The highest BCUT2D eigenvalue weighted by Gasteiger charge is 2.34. The van der Waals surface area contributed by atoms with Crippen molar-refractivity contribution in [2.45, 2.75) is 38.9 Å². The van der Waals surface area contributed by atoms with Crippen LogP contribution in [0.5, 0.6) is 0 Å². The van der Waals surface area contributed by atoms with Crippen LogP contribution in [0.25, 0.3) is 0 Å². The fourth-order valence-electron chi connectivity index (χ4n) is 2.96. The van der Waals surface area contributed by atoms with Crippen LogP contribution in [0.4, 0.5) is 0 Å². The molecule has 0 saturated heterocycles. The van der Waals surface area contributed by atoms with Crippen LogP contribution in [0.3, 0.4) is 0 Å². The van der Waals surface area contributed by atoms with Gasteiger partial charge in [0.1, 0.15) is 0 Å².